The lowest BCUT2D eigenvalue weighted by Gasteiger charge is -2.17. The van der Waals surface area contributed by atoms with Gasteiger partial charge < -0.3 is 14.8 Å². The molecule has 0 bridgehead atoms. The van der Waals surface area contributed by atoms with Crippen LogP contribution in [-0.4, -0.2) is 26.7 Å². The number of nitrogens with one attached hydrogen (secondary N) is 1. The summed E-state index contributed by atoms with van der Waals surface area (Å²) in [7, 11) is 3.20. The van der Waals surface area contributed by atoms with Crippen LogP contribution in [0.1, 0.15) is 23.7 Å². The van der Waals surface area contributed by atoms with Gasteiger partial charge in [0.25, 0.3) is 0 Å². The van der Waals surface area contributed by atoms with E-state index in [1.165, 1.54) is 6.07 Å². The van der Waals surface area contributed by atoms with Gasteiger partial charge in [-0.1, -0.05) is 30.3 Å². The Hall–Kier alpha value is -2.40. The molecule has 0 saturated carbocycles. The third kappa shape index (κ3) is 5.06. The van der Waals surface area contributed by atoms with Crippen LogP contribution in [0.25, 0.3) is 0 Å². The fourth-order valence-corrected chi connectivity index (χ4v) is 2.42. The quantitative estimate of drug-likeness (QED) is 0.807. The number of halogens is 1. The van der Waals surface area contributed by atoms with E-state index in [-0.39, 0.29) is 24.2 Å². The Morgan fingerprint density at radius 1 is 1.17 bits per heavy atom. The minimum atomic E-state index is -0.281. The lowest BCUT2D eigenvalue weighted by Crippen LogP contribution is -2.29. The normalized spacial score (nSPS) is 11.8. The highest BCUT2D eigenvalue weighted by molar-refractivity contribution is 5.76. The van der Waals surface area contributed by atoms with Gasteiger partial charge in [-0.05, 0) is 35.7 Å². The van der Waals surface area contributed by atoms with E-state index in [1.807, 2.05) is 24.3 Å². The largest absolute Gasteiger partial charge is 0.497 e. The van der Waals surface area contributed by atoms with Crippen LogP contribution in [0.4, 0.5) is 4.39 Å². The molecule has 0 spiro atoms. The van der Waals surface area contributed by atoms with E-state index in [2.05, 4.69) is 5.32 Å². The first-order chi connectivity index (χ1) is 11.6. The van der Waals surface area contributed by atoms with Crippen molar-refractivity contribution < 1.29 is 18.7 Å². The first kappa shape index (κ1) is 17.9. The molecule has 128 valence electrons. The third-order valence-electron chi connectivity index (χ3n) is 3.81. The third-order valence-corrected chi connectivity index (χ3v) is 3.81. The number of rotatable bonds is 8. The molecule has 4 nitrogen and oxygen atoms in total. The summed E-state index contributed by atoms with van der Waals surface area (Å²) in [6, 6.07) is 14.0. The minimum absolute atomic E-state index is 0.136. The highest BCUT2D eigenvalue weighted by Crippen LogP contribution is 2.21. The Bertz CT molecular complexity index is 675. The van der Waals surface area contributed by atoms with Crippen LogP contribution in [-0.2, 0) is 16.0 Å². The summed E-state index contributed by atoms with van der Waals surface area (Å²) in [6.07, 6.45) is 0.336. The molecule has 2 aromatic carbocycles. The fraction of sp³-hybridized carbons (Fsp3) is 0.316. The van der Waals surface area contributed by atoms with Gasteiger partial charge in [-0.15, -0.1) is 0 Å². The molecule has 0 aromatic heterocycles. The molecule has 1 amide bonds. The summed E-state index contributed by atoms with van der Waals surface area (Å²) in [5.74, 6) is 0.320. The zero-order valence-electron chi connectivity index (χ0n) is 13.9. The van der Waals surface area contributed by atoms with Crippen LogP contribution in [0.3, 0.4) is 0 Å². The zero-order chi connectivity index (χ0) is 17.4. The van der Waals surface area contributed by atoms with Crippen LogP contribution in [0.15, 0.2) is 48.5 Å². The molecule has 0 fully saturated rings. The van der Waals surface area contributed by atoms with Crippen molar-refractivity contribution in [3.63, 3.8) is 0 Å². The van der Waals surface area contributed by atoms with E-state index in [9.17, 15) is 9.18 Å². The van der Waals surface area contributed by atoms with Crippen molar-refractivity contribution in [3.05, 3.63) is 65.5 Å². The molecule has 2 aromatic rings. The summed E-state index contributed by atoms with van der Waals surface area (Å²) in [4.78, 5) is 12.0. The highest BCUT2D eigenvalue weighted by atomic mass is 19.1. The van der Waals surface area contributed by atoms with Crippen molar-refractivity contribution in [2.75, 3.05) is 20.8 Å². The van der Waals surface area contributed by atoms with E-state index in [0.29, 0.717) is 18.5 Å². The number of benzene rings is 2. The molecule has 24 heavy (non-hydrogen) atoms. The van der Waals surface area contributed by atoms with Crippen LogP contribution in [0, 0.1) is 5.82 Å². The fourth-order valence-electron chi connectivity index (χ4n) is 2.42. The number of carbonyl (C=O) groups is 1. The number of amides is 1. The molecule has 0 unspecified atom stereocenters. The van der Waals surface area contributed by atoms with E-state index in [4.69, 9.17) is 9.47 Å². The van der Waals surface area contributed by atoms with E-state index < -0.39 is 0 Å². The average Bonchev–Trinajstić information content (AvgIpc) is 2.61. The van der Waals surface area contributed by atoms with Gasteiger partial charge in [0.05, 0.1) is 13.2 Å². The second kappa shape index (κ2) is 9.03. The second-order valence-electron chi connectivity index (χ2n) is 5.40. The minimum Gasteiger partial charge on any atom is -0.497 e. The molecule has 1 N–H and O–H groups in total. The van der Waals surface area contributed by atoms with Gasteiger partial charge >= 0.3 is 0 Å². The summed E-state index contributed by atoms with van der Waals surface area (Å²) in [5, 5.41) is 2.83. The van der Waals surface area contributed by atoms with Crippen LogP contribution < -0.4 is 10.1 Å². The van der Waals surface area contributed by atoms with Crippen LogP contribution in [0.2, 0.25) is 0 Å². The molecule has 1 atom stereocenters. The van der Waals surface area contributed by atoms with E-state index >= 15 is 0 Å². The average molecular weight is 331 g/mol. The summed E-state index contributed by atoms with van der Waals surface area (Å²) in [5.41, 5.74) is 1.47. The van der Waals surface area contributed by atoms with Gasteiger partial charge in [0.15, 0.2) is 0 Å². The molecule has 5 heteroatoms. The molecule has 0 aliphatic carbocycles. The van der Waals surface area contributed by atoms with Crippen LogP contribution in [0.5, 0.6) is 5.75 Å². The van der Waals surface area contributed by atoms with E-state index in [1.54, 1.807) is 32.4 Å². The smallest absolute Gasteiger partial charge is 0.220 e. The molecule has 0 radical (unpaired) electrons. The maximum Gasteiger partial charge on any atom is 0.220 e. The van der Waals surface area contributed by atoms with Crippen molar-refractivity contribution in [1.29, 1.82) is 0 Å². The molecule has 0 heterocycles. The predicted octanol–water partition coefficient (Wildman–Crippen LogP) is 3.27. The second-order valence-corrected chi connectivity index (χ2v) is 5.40. The van der Waals surface area contributed by atoms with Gasteiger partial charge in [-0.2, -0.15) is 0 Å². The Labute approximate surface area is 141 Å². The maximum atomic E-state index is 13.5. The first-order valence-corrected chi connectivity index (χ1v) is 7.81. The number of methoxy groups -OCH3 is 2. The molecule has 0 aliphatic heterocycles. The van der Waals surface area contributed by atoms with E-state index in [0.717, 1.165) is 11.3 Å². The maximum absolute atomic E-state index is 13.5. The number of aryl methyl sites for hydroxylation is 1. The number of hydrogen-bond donors (Lipinski definition) is 1. The van der Waals surface area contributed by atoms with Gasteiger partial charge in [0.1, 0.15) is 11.6 Å². The van der Waals surface area contributed by atoms with Gasteiger partial charge in [-0.3, -0.25) is 4.79 Å². The SMILES string of the molecule is COc1cccc([C@@H](CNC(=O)CCc2ccccc2F)OC)c1. The molecule has 0 saturated heterocycles. The summed E-state index contributed by atoms with van der Waals surface area (Å²) in [6.45, 7) is 0.347. The van der Waals surface area contributed by atoms with Crippen molar-refractivity contribution in [2.24, 2.45) is 0 Å². The van der Waals surface area contributed by atoms with Crippen LogP contribution >= 0.6 is 0 Å². The monoisotopic (exact) mass is 331 g/mol. The molecular weight excluding hydrogens is 309 g/mol. The van der Waals surface area contributed by atoms with Crippen molar-refractivity contribution in [1.82, 2.24) is 5.32 Å². The lowest BCUT2D eigenvalue weighted by atomic mass is 10.1. The topological polar surface area (TPSA) is 47.6 Å². The predicted molar refractivity (Wildman–Crippen MR) is 90.5 cm³/mol. The molecular formula is C19H22FNO3. The van der Waals surface area contributed by atoms with Crippen molar-refractivity contribution >= 4 is 5.91 Å². The standard InChI is InChI=1S/C19H22FNO3/c1-23-16-8-5-7-15(12-16)18(24-2)13-21-19(22)11-10-14-6-3-4-9-17(14)20/h3-9,12,18H,10-11,13H2,1-2H3,(H,21,22)/t18-/m1/s1. The number of hydrogen-bond acceptors (Lipinski definition) is 3. The first-order valence-electron chi connectivity index (χ1n) is 7.81. The number of ether oxygens (including phenoxy) is 2. The highest BCUT2D eigenvalue weighted by Gasteiger charge is 2.13. The number of carbonyl (C=O) groups excluding carboxylic acids is 1. The molecule has 2 rings (SSSR count). The Balaban J connectivity index is 1.86. The lowest BCUT2D eigenvalue weighted by molar-refractivity contribution is -0.121. The van der Waals surface area contributed by atoms with Gasteiger partial charge in [0.2, 0.25) is 5.91 Å². The Morgan fingerprint density at radius 3 is 2.67 bits per heavy atom. The van der Waals surface area contributed by atoms with Crippen molar-refractivity contribution in [3.8, 4) is 5.75 Å². The van der Waals surface area contributed by atoms with Gasteiger partial charge in [0, 0.05) is 20.1 Å². The summed E-state index contributed by atoms with van der Waals surface area (Å²) >= 11 is 0. The Morgan fingerprint density at radius 2 is 1.96 bits per heavy atom. The van der Waals surface area contributed by atoms with Crippen molar-refractivity contribution in [2.45, 2.75) is 18.9 Å². The van der Waals surface area contributed by atoms with Gasteiger partial charge in [-0.25, -0.2) is 4.39 Å². The summed E-state index contributed by atoms with van der Waals surface area (Å²) < 4.78 is 24.2. The molecule has 0 aliphatic rings. The Kier molecular flexibility index (Phi) is 6.75. The zero-order valence-corrected chi connectivity index (χ0v) is 13.9.